The van der Waals surface area contributed by atoms with Gasteiger partial charge in [-0.2, -0.15) is 5.11 Å². The monoisotopic (exact) mass is 441 g/mol. The number of amides is 3. The molecule has 1 saturated heterocycles. The fraction of sp³-hybridized carbons (Fsp3) is 0.286. The van der Waals surface area contributed by atoms with E-state index in [0.29, 0.717) is 17.1 Å². The average Bonchev–Trinajstić information content (AvgIpc) is 3.24. The maximum absolute atomic E-state index is 13.0. The Morgan fingerprint density at radius 1 is 1.13 bits per heavy atom. The van der Waals surface area contributed by atoms with Crippen molar-refractivity contribution in [2.75, 3.05) is 23.9 Å². The van der Waals surface area contributed by atoms with Gasteiger partial charge >= 0.3 is 0 Å². The number of methoxy groups -OCH3 is 1. The maximum atomic E-state index is 13.0. The Morgan fingerprint density at radius 3 is 2.58 bits per heavy atom. The van der Waals surface area contributed by atoms with Crippen LogP contribution in [-0.2, 0) is 14.4 Å². The Labute approximate surface area is 183 Å². The van der Waals surface area contributed by atoms with Crippen molar-refractivity contribution >= 4 is 40.7 Å². The molecule has 3 amide bonds. The molecule has 10 heteroatoms. The SMILES string of the molecule is COc1ccc(N2C(=O)[C@@H]3N=NN(CC(=O)Nc4ccc(C)c(C)c4)[C@H]3C2=O)cc1Cl. The van der Waals surface area contributed by atoms with Crippen LogP contribution in [0.3, 0.4) is 0 Å². The number of anilines is 2. The van der Waals surface area contributed by atoms with Gasteiger partial charge in [-0.15, -0.1) is 0 Å². The van der Waals surface area contributed by atoms with Crippen LogP contribution < -0.4 is 15.0 Å². The number of nitrogens with one attached hydrogen (secondary N) is 1. The molecule has 2 aliphatic rings. The van der Waals surface area contributed by atoms with Gasteiger partial charge in [0.2, 0.25) is 5.91 Å². The highest BCUT2D eigenvalue weighted by Gasteiger charge is 2.55. The van der Waals surface area contributed by atoms with Crippen LogP contribution in [0.15, 0.2) is 46.7 Å². The fourth-order valence-electron chi connectivity index (χ4n) is 3.57. The highest BCUT2D eigenvalue weighted by atomic mass is 35.5. The minimum absolute atomic E-state index is 0.214. The van der Waals surface area contributed by atoms with E-state index >= 15 is 0 Å². The Morgan fingerprint density at radius 2 is 1.90 bits per heavy atom. The topological polar surface area (TPSA) is 104 Å². The van der Waals surface area contributed by atoms with E-state index in [0.717, 1.165) is 16.0 Å². The first kappa shape index (κ1) is 20.8. The predicted molar refractivity (Wildman–Crippen MR) is 114 cm³/mol. The summed E-state index contributed by atoms with van der Waals surface area (Å²) in [6.07, 6.45) is 0. The van der Waals surface area contributed by atoms with Crippen molar-refractivity contribution in [1.29, 1.82) is 0 Å². The Balaban J connectivity index is 1.49. The first-order valence-electron chi connectivity index (χ1n) is 9.56. The van der Waals surface area contributed by atoms with Crippen molar-refractivity contribution < 1.29 is 19.1 Å². The summed E-state index contributed by atoms with van der Waals surface area (Å²) in [6.45, 7) is 3.72. The van der Waals surface area contributed by atoms with Crippen molar-refractivity contribution in [2.24, 2.45) is 10.3 Å². The number of carbonyl (C=O) groups is 3. The minimum atomic E-state index is -0.997. The summed E-state index contributed by atoms with van der Waals surface area (Å²) in [5.74, 6) is -0.972. The normalized spacial score (nSPS) is 19.7. The summed E-state index contributed by atoms with van der Waals surface area (Å²) in [7, 11) is 1.47. The van der Waals surface area contributed by atoms with E-state index in [1.165, 1.54) is 18.2 Å². The van der Waals surface area contributed by atoms with E-state index in [9.17, 15) is 14.4 Å². The summed E-state index contributed by atoms with van der Waals surface area (Å²) >= 11 is 6.14. The van der Waals surface area contributed by atoms with Crippen molar-refractivity contribution in [3.63, 3.8) is 0 Å². The molecule has 9 nitrogen and oxygen atoms in total. The van der Waals surface area contributed by atoms with Gasteiger partial charge in [0, 0.05) is 5.69 Å². The van der Waals surface area contributed by atoms with Crippen molar-refractivity contribution in [3.05, 3.63) is 52.5 Å². The summed E-state index contributed by atoms with van der Waals surface area (Å²) in [6, 6.07) is 8.22. The van der Waals surface area contributed by atoms with Gasteiger partial charge < -0.3 is 10.1 Å². The zero-order valence-electron chi connectivity index (χ0n) is 17.1. The summed E-state index contributed by atoms with van der Waals surface area (Å²) < 4.78 is 5.11. The Bertz CT molecular complexity index is 1120. The number of fused-ring (bicyclic) bond motifs is 1. The van der Waals surface area contributed by atoms with Crippen LogP contribution in [0.25, 0.3) is 0 Å². The van der Waals surface area contributed by atoms with Gasteiger partial charge in [-0.05, 0) is 55.3 Å². The lowest BCUT2D eigenvalue weighted by atomic mass is 10.1. The molecular formula is C21H20ClN5O4. The molecule has 160 valence electrons. The largest absolute Gasteiger partial charge is 0.495 e. The Hall–Kier alpha value is -3.46. The van der Waals surface area contributed by atoms with E-state index in [1.807, 2.05) is 26.0 Å². The predicted octanol–water partition coefficient (Wildman–Crippen LogP) is 2.90. The molecule has 1 N–H and O–H groups in total. The molecule has 2 aromatic carbocycles. The van der Waals surface area contributed by atoms with Crippen molar-refractivity contribution in [2.45, 2.75) is 25.9 Å². The lowest BCUT2D eigenvalue weighted by Gasteiger charge is -2.20. The van der Waals surface area contributed by atoms with Gasteiger partial charge in [0.05, 0.1) is 17.8 Å². The molecule has 1 fully saturated rings. The summed E-state index contributed by atoms with van der Waals surface area (Å²) in [5.41, 5.74) is 3.11. The van der Waals surface area contributed by atoms with E-state index < -0.39 is 23.9 Å². The number of imide groups is 1. The molecule has 4 rings (SSSR count). The number of ether oxygens (including phenoxy) is 1. The smallest absolute Gasteiger partial charge is 0.263 e. The van der Waals surface area contributed by atoms with Crippen LogP contribution in [-0.4, -0.2) is 48.5 Å². The van der Waals surface area contributed by atoms with Gasteiger partial charge in [0.25, 0.3) is 11.8 Å². The second-order valence-electron chi connectivity index (χ2n) is 7.37. The molecular weight excluding hydrogens is 422 g/mol. The molecule has 2 heterocycles. The van der Waals surface area contributed by atoms with Crippen LogP contribution in [0.4, 0.5) is 11.4 Å². The third-order valence-electron chi connectivity index (χ3n) is 5.35. The number of aryl methyl sites for hydroxylation is 2. The number of carbonyl (C=O) groups excluding carboxylic acids is 3. The number of benzene rings is 2. The van der Waals surface area contributed by atoms with E-state index in [1.54, 1.807) is 18.2 Å². The van der Waals surface area contributed by atoms with Gasteiger partial charge in [-0.25, -0.2) is 4.90 Å². The highest BCUT2D eigenvalue weighted by Crippen LogP contribution is 2.35. The summed E-state index contributed by atoms with van der Waals surface area (Å²) in [5, 5.41) is 12.1. The quantitative estimate of drug-likeness (QED) is 0.718. The van der Waals surface area contributed by atoms with Crippen LogP contribution in [0.1, 0.15) is 11.1 Å². The van der Waals surface area contributed by atoms with Crippen LogP contribution >= 0.6 is 11.6 Å². The molecule has 0 unspecified atom stereocenters. The molecule has 2 aromatic rings. The molecule has 31 heavy (non-hydrogen) atoms. The first-order chi connectivity index (χ1) is 14.8. The molecule has 0 spiro atoms. The number of hydrogen-bond donors (Lipinski definition) is 1. The van der Waals surface area contributed by atoms with Crippen LogP contribution in [0.2, 0.25) is 5.02 Å². The second kappa shape index (κ2) is 7.99. The van der Waals surface area contributed by atoms with Gasteiger partial charge in [-0.1, -0.05) is 22.9 Å². The molecule has 0 bridgehead atoms. The lowest BCUT2D eigenvalue weighted by molar-refractivity contribution is -0.123. The second-order valence-corrected chi connectivity index (χ2v) is 7.78. The standard InChI is InChI=1S/C21H20ClN5O4/c1-11-4-5-13(8-12(11)2)23-17(28)10-26-19-18(24-25-26)20(29)27(21(19)30)14-6-7-16(31-3)15(22)9-14/h4-9,18-19H,10H2,1-3H3,(H,23,28)/t18-,19-/m1/s1. The highest BCUT2D eigenvalue weighted by molar-refractivity contribution is 6.33. The molecule has 0 aliphatic carbocycles. The maximum Gasteiger partial charge on any atom is 0.263 e. The zero-order chi connectivity index (χ0) is 22.3. The Kier molecular flexibility index (Phi) is 5.36. The van der Waals surface area contributed by atoms with Crippen LogP contribution in [0.5, 0.6) is 5.75 Å². The van der Waals surface area contributed by atoms with E-state index in [-0.39, 0.29) is 17.5 Å². The van der Waals surface area contributed by atoms with Gasteiger partial charge in [0.1, 0.15) is 12.3 Å². The zero-order valence-corrected chi connectivity index (χ0v) is 17.9. The number of halogens is 1. The van der Waals surface area contributed by atoms with Crippen molar-refractivity contribution in [3.8, 4) is 5.75 Å². The lowest BCUT2D eigenvalue weighted by Crippen LogP contribution is -2.43. The van der Waals surface area contributed by atoms with E-state index in [2.05, 4.69) is 15.7 Å². The van der Waals surface area contributed by atoms with Crippen LogP contribution in [0, 0.1) is 13.8 Å². The van der Waals surface area contributed by atoms with Crippen molar-refractivity contribution in [1.82, 2.24) is 5.01 Å². The molecule has 0 saturated carbocycles. The van der Waals surface area contributed by atoms with Gasteiger partial charge in [-0.3, -0.25) is 19.4 Å². The fourth-order valence-corrected chi connectivity index (χ4v) is 3.82. The minimum Gasteiger partial charge on any atom is -0.495 e. The molecule has 2 atom stereocenters. The molecule has 0 radical (unpaired) electrons. The van der Waals surface area contributed by atoms with E-state index in [4.69, 9.17) is 16.3 Å². The molecule has 0 aromatic heterocycles. The molecule has 2 aliphatic heterocycles. The van der Waals surface area contributed by atoms with Gasteiger partial charge in [0.15, 0.2) is 12.1 Å². The third-order valence-corrected chi connectivity index (χ3v) is 5.64. The summed E-state index contributed by atoms with van der Waals surface area (Å²) in [4.78, 5) is 39.4. The number of hydrogen-bond acceptors (Lipinski definition) is 7. The number of rotatable bonds is 5. The number of nitrogens with zero attached hydrogens (tertiary/aromatic N) is 4. The first-order valence-corrected chi connectivity index (χ1v) is 9.94. The third kappa shape index (κ3) is 3.72. The average molecular weight is 442 g/mol.